The first-order chi connectivity index (χ1) is 15.2. The molecule has 31 heavy (non-hydrogen) atoms. The Hall–Kier alpha value is -3.03. The fraction of sp³-hybridized carbons (Fsp3) is 0.375. The molecule has 1 fully saturated rings. The van der Waals surface area contributed by atoms with E-state index in [1.165, 1.54) is 0 Å². The first kappa shape index (κ1) is 19.9. The lowest BCUT2D eigenvalue weighted by molar-refractivity contribution is 0.0274. The molecule has 0 spiro atoms. The standard InChI is InChI=1S/C24H25NO6/c1-27-16-6-5-15(21(11-16)28-2)10-22-23(26)18-7-8-20-19(24(18)31-22)13-25(14-30-20)12-17-4-3-9-29-17/h5-8,10-11,17H,3-4,9,12-14H2,1-2H3/b22-10-. The van der Waals surface area contributed by atoms with E-state index in [4.69, 9.17) is 23.7 Å². The van der Waals surface area contributed by atoms with Gasteiger partial charge in [0.05, 0.1) is 31.5 Å². The minimum Gasteiger partial charge on any atom is -0.497 e. The van der Waals surface area contributed by atoms with Crippen LogP contribution in [0, 0.1) is 0 Å². The molecule has 2 aromatic rings. The van der Waals surface area contributed by atoms with Gasteiger partial charge >= 0.3 is 0 Å². The van der Waals surface area contributed by atoms with E-state index in [1.807, 2.05) is 18.2 Å². The average molecular weight is 423 g/mol. The van der Waals surface area contributed by atoms with Crippen LogP contribution in [-0.4, -0.2) is 50.9 Å². The van der Waals surface area contributed by atoms with Crippen molar-refractivity contribution < 1.29 is 28.5 Å². The molecular weight excluding hydrogens is 398 g/mol. The van der Waals surface area contributed by atoms with Crippen LogP contribution < -0.4 is 18.9 Å². The lowest BCUT2D eigenvalue weighted by atomic mass is 10.0. The second-order valence-electron chi connectivity index (χ2n) is 7.89. The van der Waals surface area contributed by atoms with E-state index in [1.54, 1.807) is 32.4 Å². The number of ketones is 1. The van der Waals surface area contributed by atoms with Crippen molar-refractivity contribution in [1.82, 2.24) is 4.90 Å². The molecule has 0 radical (unpaired) electrons. The van der Waals surface area contributed by atoms with E-state index in [9.17, 15) is 4.79 Å². The summed E-state index contributed by atoms with van der Waals surface area (Å²) in [5.41, 5.74) is 2.20. The number of nitrogens with zero attached hydrogens (tertiary/aromatic N) is 1. The highest BCUT2D eigenvalue weighted by atomic mass is 16.5. The van der Waals surface area contributed by atoms with Crippen molar-refractivity contribution in [1.29, 1.82) is 0 Å². The Balaban J connectivity index is 1.42. The number of ether oxygens (including phenoxy) is 5. The molecule has 0 saturated carbocycles. The SMILES string of the molecule is COc1ccc(/C=C2\Oc3c(ccc4c3CN(CC3CCCO3)CO4)C2=O)c(OC)c1. The molecule has 1 saturated heterocycles. The minimum absolute atomic E-state index is 0.146. The third-order valence-corrected chi connectivity index (χ3v) is 5.90. The Kier molecular flexibility index (Phi) is 5.29. The molecular formula is C24H25NO6. The van der Waals surface area contributed by atoms with Crippen LogP contribution in [-0.2, 0) is 11.3 Å². The number of allylic oxidation sites excluding steroid dienone is 1. The molecule has 3 aliphatic heterocycles. The Bertz CT molecular complexity index is 1040. The van der Waals surface area contributed by atoms with Crippen LogP contribution in [0.25, 0.3) is 6.08 Å². The number of carbonyl (C=O) groups is 1. The highest BCUT2D eigenvalue weighted by molar-refractivity contribution is 6.15. The fourth-order valence-corrected chi connectivity index (χ4v) is 4.28. The summed E-state index contributed by atoms with van der Waals surface area (Å²) in [7, 11) is 3.18. The van der Waals surface area contributed by atoms with Crippen LogP contribution in [0.5, 0.6) is 23.0 Å². The summed E-state index contributed by atoms with van der Waals surface area (Å²) in [6, 6.07) is 9.07. The summed E-state index contributed by atoms with van der Waals surface area (Å²) >= 11 is 0. The number of rotatable bonds is 5. The molecule has 162 valence electrons. The van der Waals surface area contributed by atoms with Crippen LogP contribution in [0.4, 0.5) is 0 Å². The summed E-state index contributed by atoms with van der Waals surface area (Å²) in [6.45, 7) is 2.80. The third-order valence-electron chi connectivity index (χ3n) is 5.90. The van der Waals surface area contributed by atoms with Crippen molar-refractivity contribution in [2.24, 2.45) is 0 Å². The van der Waals surface area contributed by atoms with Crippen molar-refractivity contribution in [3.05, 3.63) is 52.8 Å². The number of carbonyl (C=O) groups excluding carboxylic acids is 1. The first-order valence-electron chi connectivity index (χ1n) is 10.4. The zero-order valence-electron chi connectivity index (χ0n) is 17.7. The Morgan fingerprint density at radius 1 is 1.19 bits per heavy atom. The first-order valence-corrected chi connectivity index (χ1v) is 10.4. The molecule has 7 nitrogen and oxygen atoms in total. The molecule has 1 unspecified atom stereocenters. The number of benzene rings is 2. The van der Waals surface area contributed by atoms with Gasteiger partial charge in [0.1, 0.15) is 29.7 Å². The summed E-state index contributed by atoms with van der Waals surface area (Å²) in [5, 5.41) is 0. The van der Waals surface area contributed by atoms with Crippen LogP contribution >= 0.6 is 0 Å². The maximum absolute atomic E-state index is 13.0. The molecule has 1 atom stereocenters. The quantitative estimate of drug-likeness (QED) is 0.680. The number of hydrogen-bond acceptors (Lipinski definition) is 7. The summed E-state index contributed by atoms with van der Waals surface area (Å²) < 4.78 is 28.5. The molecule has 5 rings (SSSR count). The van der Waals surface area contributed by atoms with Gasteiger partial charge in [-0.2, -0.15) is 0 Å². The number of hydrogen-bond donors (Lipinski definition) is 0. The van der Waals surface area contributed by atoms with E-state index >= 15 is 0 Å². The predicted molar refractivity (Wildman–Crippen MR) is 114 cm³/mol. The van der Waals surface area contributed by atoms with Crippen LogP contribution in [0.3, 0.4) is 0 Å². The molecule has 3 aliphatic rings. The van der Waals surface area contributed by atoms with Gasteiger partial charge in [-0.05, 0) is 43.2 Å². The highest BCUT2D eigenvalue weighted by Gasteiger charge is 2.34. The molecule has 0 amide bonds. The number of Topliss-reactive ketones (excluding diaryl/α,β-unsaturated/α-hetero) is 1. The monoisotopic (exact) mass is 423 g/mol. The van der Waals surface area contributed by atoms with E-state index in [0.717, 1.165) is 42.9 Å². The van der Waals surface area contributed by atoms with Gasteiger partial charge in [-0.25, -0.2) is 0 Å². The molecule has 0 bridgehead atoms. The Labute approximate surface area is 181 Å². The third kappa shape index (κ3) is 3.75. The lowest BCUT2D eigenvalue weighted by Crippen LogP contribution is -2.37. The summed E-state index contributed by atoms with van der Waals surface area (Å²) in [4.78, 5) is 15.2. The summed E-state index contributed by atoms with van der Waals surface area (Å²) in [5.74, 6) is 2.75. The molecule has 7 heteroatoms. The fourth-order valence-electron chi connectivity index (χ4n) is 4.28. The van der Waals surface area contributed by atoms with Gasteiger partial charge in [-0.3, -0.25) is 9.69 Å². The zero-order chi connectivity index (χ0) is 21.4. The highest BCUT2D eigenvalue weighted by Crippen LogP contribution is 2.42. The van der Waals surface area contributed by atoms with Crippen LogP contribution in [0.1, 0.15) is 34.3 Å². The van der Waals surface area contributed by atoms with E-state index in [2.05, 4.69) is 4.90 Å². The molecule has 3 heterocycles. The Morgan fingerprint density at radius 3 is 2.87 bits per heavy atom. The van der Waals surface area contributed by atoms with Crippen molar-refractivity contribution in [3.63, 3.8) is 0 Å². The number of fused-ring (bicyclic) bond motifs is 3. The van der Waals surface area contributed by atoms with Crippen LogP contribution in [0.2, 0.25) is 0 Å². The molecule has 0 aliphatic carbocycles. The minimum atomic E-state index is -0.146. The topological polar surface area (TPSA) is 66.5 Å². The zero-order valence-corrected chi connectivity index (χ0v) is 17.7. The smallest absolute Gasteiger partial charge is 0.231 e. The van der Waals surface area contributed by atoms with Gasteiger partial charge in [-0.1, -0.05) is 0 Å². The number of methoxy groups -OCH3 is 2. The van der Waals surface area contributed by atoms with Gasteiger partial charge in [0.15, 0.2) is 5.76 Å². The van der Waals surface area contributed by atoms with Gasteiger partial charge < -0.3 is 23.7 Å². The van der Waals surface area contributed by atoms with Gasteiger partial charge in [0.25, 0.3) is 0 Å². The van der Waals surface area contributed by atoms with Gasteiger partial charge in [0, 0.05) is 31.3 Å². The lowest BCUT2D eigenvalue weighted by Gasteiger charge is -2.31. The van der Waals surface area contributed by atoms with Crippen molar-refractivity contribution in [2.45, 2.75) is 25.5 Å². The normalized spacial score (nSPS) is 21.4. The molecule has 2 aromatic carbocycles. The molecule has 0 N–H and O–H groups in total. The Morgan fingerprint density at radius 2 is 2.10 bits per heavy atom. The van der Waals surface area contributed by atoms with Crippen molar-refractivity contribution >= 4 is 11.9 Å². The van der Waals surface area contributed by atoms with E-state index in [0.29, 0.717) is 36.1 Å². The molecule has 0 aromatic heterocycles. The maximum atomic E-state index is 13.0. The maximum Gasteiger partial charge on any atom is 0.231 e. The second kappa shape index (κ2) is 8.24. The van der Waals surface area contributed by atoms with E-state index in [-0.39, 0.29) is 17.6 Å². The average Bonchev–Trinajstić information content (AvgIpc) is 3.42. The van der Waals surface area contributed by atoms with Crippen molar-refractivity contribution in [2.75, 3.05) is 34.1 Å². The largest absolute Gasteiger partial charge is 0.497 e. The summed E-state index contributed by atoms with van der Waals surface area (Å²) in [6.07, 6.45) is 4.12. The van der Waals surface area contributed by atoms with Gasteiger partial charge in [0.2, 0.25) is 5.78 Å². The second-order valence-corrected chi connectivity index (χ2v) is 7.89. The predicted octanol–water partition coefficient (Wildman–Crippen LogP) is 3.65. The van der Waals surface area contributed by atoms with Gasteiger partial charge in [-0.15, -0.1) is 0 Å². The van der Waals surface area contributed by atoms with Crippen LogP contribution in [0.15, 0.2) is 36.1 Å². The van der Waals surface area contributed by atoms with Crippen molar-refractivity contribution in [3.8, 4) is 23.0 Å². The van der Waals surface area contributed by atoms with E-state index < -0.39 is 0 Å².